The van der Waals surface area contributed by atoms with E-state index in [0.717, 1.165) is 16.8 Å². The maximum atomic E-state index is 12.7. The molecule has 0 saturated carbocycles. The maximum Gasteiger partial charge on any atom is 0.335 e. The van der Waals surface area contributed by atoms with Gasteiger partial charge in [0, 0.05) is 18.2 Å². The molecule has 2 aromatic carbocycles. The average Bonchev–Trinajstić information content (AvgIpc) is 2.65. The highest BCUT2D eigenvalue weighted by atomic mass is 16.4. The fraction of sp³-hybridized carbons (Fsp3) is 0.211. The summed E-state index contributed by atoms with van der Waals surface area (Å²) in [5.74, 6) is -1.06. The second kappa shape index (κ2) is 5.60. The van der Waals surface area contributed by atoms with Crippen LogP contribution in [0.3, 0.4) is 0 Å². The van der Waals surface area contributed by atoms with E-state index >= 15 is 0 Å². The second-order valence-electron chi connectivity index (χ2n) is 6.28. The minimum atomic E-state index is -0.972. The molecule has 3 rings (SSSR count). The van der Waals surface area contributed by atoms with E-state index in [1.165, 1.54) is 0 Å². The normalized spacial score (nSPS) is 16.2. The van der Waals surface area contributed by atoms with Crippen molar-refractivity contribution in [3.8, 4) is 0 Å². The van der Waals surface area contributed by atoms with Crippen molar-refractivity contribution in [1.29, 1.82) is 0 Å². The van der Waals surface area contributed by atoms with Gasteiger partial charge < -0.3 is 10.0 Å². The number of likely N-dealkylation sites (N-methyl/N-ethyl adjacent to an activating group) is 1. The molecule has 1 N–H and O–H groups in total. The van der Waals surface area contributed by atoms with Crippen LogP contribution in [0.2, 0.25) is 0 Å². The minimum Gasteiger partial charge on any atom is -0.478 e. The highest BCUT2D eigenvalue weighted by Crippen LogP contribution is 2.31. The van der Waals surface area contributed by atoms with E-state index in [0.29, 0.717) is 5.71 Å². The molecule has 5 nitrogen and oxygen atoms in total. The lowest BCUT2D eigenvalue weighted by molar-refractivity contribution is -0.122. The molecule has 0 fully saturated rings. The topological polar surface area (TPSA) is 70.0 Å². The van der Waals surface area contributed by atoms with Gasteiger partial charge in [0.15, 0.2) is 0 Å². The number of carbonyl (C=O) groups is 2. The van der Waals surface area contributed by atoms with Gasteiger partial charge in [-0.25, -0.2) is 4.79 Å². The molecule has 0 unspecified atom stereocenters. The van der Waals surface area contributed by atoms with E-state index in [9.17, 15) is 9.59 Å². The fourth-order valence-corrected chi connectivity index (χ4v) is 2.86. The highest BCUT2D eigenvalue weighted by Gasteiger charge is 2.35. The zero-order valence-corrected chi connectivity index (χ0v) is 13.8. The number of anilines is 1. The van der Waals surface area contributed by atoms with E-state index in [2.05, 4.69) is 0 Å². The van der Waals surface area contributed by atoms with Crippen LogP contribution in [0, 0.1) is 0 Å². The third-order valence-electron chi connectivity index (χ3n) is 4.15. The molecule has 0 aliphatic carbocycles. The van der Waals surface area contributed by atoms with E-state index in [-0.39, 0.29) is 11.5 Å². The fourth-order valence-electron chi connectivity index (χ4n) is 2.86. The molecule has 5 heteroatoms. The first-order valence-corrected chi connectivity index (χ1v) is 7.62. The van der Waals surface area contributed by atoms with E-state index < -0.39 is 11.5 Å². The van der Waals surface area contributed by atoms with Crippen molar-refractivity contribution in [3.63, 3.8) is 0 Å². The minimum absolute atomic E-state index is 0.0906. The first kappa shape index (κ1) is 15.9. The first-order chi connectivity index (χ1) is 11.3. The Kier molecular flexibility index (Phi) is 3.72. The average molecular weight is 322 g/mol. The van der Waals surface area contributed by atoms with Gasteiger partial charge in [-0.15, -0.1) is 0 Å². The molecule has 0 bridgehead atoms. The molecule has 0 aromatic heterocycles. The Bertz CT molecular complexity index is 851. The number of aliphatic imine (C=N–C) groups is 1. The maximum absolute atomic E-state index is 12.7. The molecule has 122 valence electrons. The predicted octanol–water partition coefficient (Wildman–Crippen LogP) is 2.98. The number of hydrogen-bond acceptors (Lipinski definition) is 3. The molecule has 2 aromatic rings. The number of amides is 1. The molecule has 24 heavy (non-hydrogen) atoms. The summed E-state index contributed by atoms with van der Waals surface area (Å²) >= 11 is 0. The van der Waals surface area contributed by atoms with Crippen LogP contribution in [0.25, 0.3) is 0 Å². The van der Waals surface area contributed by atoms with Gasteiger partial charge in [-0.3, -0.25) is 9.79 Å². The number of carboxylic acids is 1. The Hall–Kier alpha value is -2.95. The van der Waals surface area contributed by atoms with Crippen molar-refractivity contribution < 1.29 is 14.7 Å². The summed E-state index contributed by atoms with van der Waals surface area (Å²) in [6, 6.07) is 14.1. The van der Waals surface area contributed by atoms with Crippen LogP contribution in [-0.2, 0) is 4.79 Å². The first-order valence-electron chi connectivity index (χ1n) is 7.62. The van der Waals surface area contributed by atoms with Gasteiger partial charge in [0.2, 0.25) is 0 Å². The number of hydrogen-bond donors (Lipinski definition) is 1. The van der Waals surface area contributed by atoms with Gasteiger partial charge in [-0.05, 0) is 32.0 Å². The van der Waals surface area contributed by atoms with Crippen LogP contribution in [0.5, 0.6) is 0 Å². The number of benzodiazepines with no additional fused rings is 1. The van der Waals surface area contributed by atoms with E-state index in [4.69, 9.17) is 10.1 Å². The molecular weight excluding hydrogens is 304 g/mol. The summed E-state index contributed by atoms with van der Waals surface area (Å²) in [5, 5.41) is 9.06. The lowest BCUT2D eigenvalue weighted by atomic mass is 9.99. The summed E-state index contributed by atoms with van der Waals surface area (Å²) in [7, 11) is 1.74. The van der Waals surface area contributed by atoms with Crippen LogP contribution in [0.4, 0.5) is 5.69 Å². The number of aromatic carboxylic acids is 1. The van der Waals surface area contributed by atoms with Crippen molar-refractivity contribution in [2.45, 2.75) is 19.4 Å². The summed E-state index contributed by atoms with van der Waals surface area (Å²) in [6.45, 7) is 3.56. The van der Waals surface area contributed by atoms with Gasteiger partial charge in [0.25, 0.3) is 5.91 Å². The number of rotatable bonds is 2. The van der Waals surface area contributed by atoms with Gasteiger partial charge in [0.05, 0.1) is 17.0 Å². The van der Waals surface area contributed by atoms with E-state index in [1.54, 1.807) is 50.1 Å². The number of fused-ring (bicyclic) bond motifs is 1. The Morgan fingerprint density at radius 1 is 1.08 bits per heavy atom. The number of carboxylic acid groups (broad SMARTS) is 1. The Balaban J connectivity index is 2.22. The number of nitrogens with zero attached hydrogens (tertiary/aromatic N) is 2. The van der Waals surface area contributed by atoms with Crippen LogP contribution >= 0.6 is 0 Å². The zero-order chi connectivity index (χ0) is 17.5. The number of para-hydroxylation sites is 1. The molecule has 0 spiro atoms. The van der Waals surface area contributed by atoms with Crippen molar-refractivity contribution in [3.05, 3.63) is 65.2 Å². The lowest BCUT2D eigenvalue weighted by Gasteiger charge is -2.24. The largest absolute Gasteiger partial charge is 0.478 e. The monoisotopic (exact) mass is 322 g/mol. The van der Waals surface area contributed by atoms with Crippen molar-refractivity contribution >= 4 is 23.3 Å². The molecule has 1 aliphatic rings. The van der Waals surface area contributed by atoms with Crippen molar-refractivity contribution in [2.75, 3.05) is 11.9 Å². The Labute approximate surface area is 140 Å². The smallest absolute Gasteiger partial charge is 0.335 e. The lowest BCUT2D eigenvalue weighted by Crippen LogP contribution is -2.41. The van der Waals surface area contributed by atoms with Crippen LogP contribution < -0.4 is 4.90 Å². The SMILES string of the molecule is CN1C(=O)C(C)(C)N=C(c2ccc(C(=O)O)cc2)c2ccccc21. The highest BCUT2D eigenvalue weighted by molar-refractivity contribution is 6.20. The molecule has 0 radical (unpaired) electrons. The predicted molar refractivity (Wildman–Crippen MR) is 93.0 cm³/mol. The molecular formula is C19H18N2O3. The van der Waals surface area contributed by atoms with Gasteiger partial charge >= 0.3 is 5.97 Å². The Morgan fingerprint density at radius 3 is 2.33 bits per heavy atom. The van der Waals surface area contributed by atoms with E-state index in [1.807, 2.05) is 24.3 Å². The summed E-state index contributed by atoms with van der Waals surface area (Å²) in [4.78, 5) is 30.1. The zero-order valence-electron chi connectivity index (χ0n) is 13.8. The molecule has 1 heterocycles. The third kappa shape index (κ3) is 2.58. The molecule has 0 atom stereocenters. The van der Waals surface area contributed by atoms with Crippen LogP contribution in [0.15, 0.2) is 53.5 Å². The summed E-state index contributed by atoms with van der Waals surface area (Å²) in [6.07, 6.45) is 0. The van der Waals surface area contributed by atoms with Crippen LogP contribution in [-0.4, -0.2) is 35.3 Å². The third-order valence-corrected chi connectivity index (χ3v) is 4.15. The quantitative estimate of drug-likeness (QED) is 0.924. The van der Waals surface area contributed by atoms with Crippen molar-refractivity contribution in [2.24, 2.45) is 4.99 Å². The van der Waals surface area contributed by atoms with Crippen molar-refractivity contribution in [1.82, 2.24) is 0 Å². The Morgan fingerprint density at radius 2 is 1.71 bits per heavy atom. The van der Waals surface area contributed by atoms with Crippen LogP contribution in [0.1, 0.15) is 35.3 Å². The molecule has 0 saturated heterocycles. The van der Waals surface area contributed by atoms with Gasteiger partial charge in [-0.1, -0.05) is 30.3 Å². The molecule has 1 amide bonds. The van der Waals surface area contributed by atoms with Gasteiger partial charge in [0.1, 0.15) is 5.54 Å². The standard InChI is InChI=1S/C19H18N2O3/c1-19(2)18(24)21(3)15-7-5-4-6-14(15)16(20-19)12-8-10-13(11-9-12)17(22)23/h4-11H,1-3H3,(H,22,23). The second-order valence-corrected chi connectivity index (χ2v) is 6.28. The summed E-state index contributed by atoms with van der Waals surface area (Å²) in [5.41, 5.74) is 2.41. The number of benzene rings is 2. The molecule has 1 aliphatic heterocycles. The summed E-state index contributed by atoms with van der Waals surface area (Å²) < 4.78 is 0. The number of carbonyl (C=O) groups excluding carboxylic acids is 1. The van der Waals surface area contributed by atoms with Gasteiger partial charge in [-0.2, -0.15) is 0 Å².